The van der Waals surface area contributed by atoms with Crippen LogP contribution in [0.1, 0.15) is 41.7 Å². The van der Waals surface area contributed by atoms with Crippen molar-refractivity contribution in [1.82, 2.24) is 24.4 Å². The fraction of sp³-hybridized carbons (Fsp3) is 0.450. The van der Waals surface area contributed by atoms with Crippen LogP contribution in [0.4, 0.5) is 0 Å². The first-order chi connectivity index (χ1) is 13.5. The predicted molar refractivity (Wildman–Crippen MR) is 109 cm³/mol. The van der Waals surface area contributed by atoms with Crippen LogP contribution < -0.4 is 0 Å². The normalized spacial score (nSPS) is 16.6. The summed E-state index contributed by atoms with van der Waals surface area (Å²) in [5, 5.41) is 15.4. The molecule has 0 aliphatic carbocycles. The highest BCUT2D eigenvalue weighted by Gasteiger charge is 2.32. The minimum absolute atomic E-state index is 0.0902. The first kappa shape index (κ1) is 18.9. The smallest absolute Gasteiger partial charge is 0.230 e. The monoisotopic (exact) mass is 399 g/mol. The maximum absolute atomic E-state index is 11.7. The third kappa shape index (κ3) is 3.38. The quantitative estimate of drug-likeness (QED) is 0.730. The summed E-state index contributed by atoms with van der Waals surface area (Å²) in [6.07, 6.45) is 0.734. The number of aromatic nitrogens is 3. The van der Waals surface area contributed by atoms with Gasteiger partial charge in [0.15, 0.2) is 5.82 Å². The van der Waals surface area contributed by atoms with Gasteiger partial charge in [-0.2, -0.15) is 4.52 Å². The van der Waals surface area contributed by atoms with Crippen LogP contribution in [0.25, 0.3) is 4.96 Å². The van der Waals surface area contributed by atoms with Crippen molar-refractivity contribution < 1.29 is 9.90 Å². The lowest BCUT2D eigenvalue weighted by Gasteiger charge is -2.38. The van der Waals surface area contributed by atoms with E-state index in [0.29, 0.717) is 18.1 Å². The second kappa shape index (κ2) is 7.52. The Balaban J connectivity index is 1.74. The molecule has 28 heavy (non-hydrogen) atoms. The van der Waals surface area contributed by atoms with Gasteiger partial charge in [0.2, 0.25) is 16.7 Å². The summed E-state index contributed by atoms with van der Waals surface area (Å²) in [4.78, 5) is 22.0. The average molecular weight is 400 g/mol. The molecule has 1 aliphatic heterocycles. The molecule has 0 radical (unpaired) electrons. The van der Waals surface area contributed by atoms with Gasteiger partial charge in [0.1, 0.15) is 0 Å². The minimum Gasteiger partial charge on any atom is -0.492 e. The number of carbonyl (C=O) groups is 1. The number of hydrogen-bond acceptors (Lipinski definition) is 6. The van der Waals surface area contributed by atoms with Gasteiger partial charge in [-0.25, -0.2) is 4.98 Å². The lowest BCUT2D eigenvalue weighted by atomic mass is 10.0. The van der Waals surface area contributed by atoms with E-state index in [1.54, 1.807) is 11.4 Å². The van der Waals surface area contributed by atoms with E-state index in [0.717, 1.165) is 35.8 Å². The summed E-state index contributed by atoms with van der Waals surface area (Å²) in [5.41, 5.74) is 2.31. The van der Waals surface area contributed by atoms with Crippen LogP contribution in [0.5, 0.6) is 5.88 Å². The molecule has 0 saturated carbocycles. The molecule has 148 valence electrons. The van der Waals surface area contributed by atoms with E-state index < -0.39 is 0 Å². The van der Waals surface area contributed by atoms with Gasteiger partial charge in [0.25, 0.3) is 0 Å². The number of rotatable bonds is 4. The lowest BCUT2D eigenvalue weighted by molar-refractivity contribution is -0.130. The molecule has 4 rings (SSSR count). The Kier molecular flexibility index (Phi) is 5.07. The Bertz CT molecular complexity index is 1000. The average Bonchev–Trinajstić information content (AvgIpc) is 3.22. The van der Waals surface area contributed by atoms with Gasteiger partial charge in [-0.1, -0.05) is 48.1 Å². The Morgan fingerprint density at radius 3 is 2.64 bits per heavy atom. The van der Waals surface area contributed by atoms with Crippen molar-refractivity contribution in [2.45, 2.75) is 33.2 Å². The summed E-state index contributed by atoms with van der Waals surface area (Å²) in [6, 6.07) is 8.29. The predicted octanol–water partition coefficient (Wildman–Crippen LogP) is 2.62. The Hall–Kier alpha value is -2.45. The van der Waals surface area contributed by atoms with Crippen LogP contribution in [-0.2, 0) is 11.2 Å². The van der Waals surface area contributed by atoms with E-state index in [9.17, 15) is 9.90 Å². The molecule has 1 atom stereocenters. The van der Waals surface area contributed by atoms with Crippen LogP contribution in [0.15, 0.2) is 24.3 Å². The molecule has 7 nitrogen and oxygen atoms in total. The van der Waals surface area contributed by atoms with Gasteiger partial charge < -0.3 is 10.0 Å². The molecule has 1 aliphatic rings. The number of hydrogen-bond donors (Lipinski definition) is 1. The van der Waals surface area contributed by atoms with Crippen LogP contribution in [0, 0.1) is 6.92 Å². The van der Waals surface area contributed by atoms with Crippen LogP contribution in [0.3, 0.4) is 0 Å². The number of piperazine rings is 1. The van der Waals surface area contributed by atoms with Crippen LogP contribution in [-0.4, -0.2) is 61.6 Å². The Morgan fingerprint density at radius 2 is 2.04 bits per heavy atom. The van der Waals surface area contributed by atoms with Crippen molar-refractivity contribution in [1.29, 1.82) is 0 Å². The minimum atomic E-state index is -0.0902. The maximum Gasteiger partial charge on any atom is 0.230 e. The molecule has 2 aromatic heterocycles. The van der Waals surface area contributed by atoms with Crippen molar-refractivity contribution in [3.8, 4) is 5.88 Å². The molecular weight excluding hydrogens is 374 g/mol. The lowest BCUT2D eigenvalue weighted by Crippen LogP contribution is -2.49. The highest BCUT2D eigenvalue weighted by Crippen LogP contribution is 2.40. The molecule has 0 bridgehead atoms. The zero-order valence-electron chi connectivity index (χ0n) is 16.4. The van der Waals surface area contributed by atoms with E-state index in [1.165, 1.54) is 16.9 Å². The van der Waals surface area contributed by atoms with Crippen molar-refractivity contribution in [2.24, 2.45) is 0 Å². The molecule has 1 aromatic carbocycles. The number of benzene rings is 1. The van der Waals surface area contributed by atoms with Gasteiger partial charge in [0, 0.05) is 39.5 Å². The second-order valence-corrected chi connectivity index (χ2v) is 8.23. The fourth-order valence-corrected chi connectivity index (χ4v) is 4.92. The van der Waals surface area contributed by atoms with Crippen molar-refractivity contribution >= 4 is 22.2 Å². The van der Waals surface area contributed by atoms with Gasteiger partial charge in [-0.15, -0.1) is 5.10 Å². The zero-order chi connectivity index (χ0) is 19.8. The second-order valence-electron chi connectivity index (χ2n) is 7.22. The van der Waals surface area contributed by atoms with E-state index in [2.05, 4.69) is 40.1 Å². The molecule has 1 saturated heterocycles. The molecule has 8 heteroatoms. The first-order valence-electron chi connectivity index (χ1n) is 9.61. The summed E-state index contributed by atoms with van der Waals surface area (Å²) in [5.74, 6) is 1.00. The number of aryl methyl sites for hydroxylation is 2. The molecular formula is C20H25N5O2S. The van der Waals surface area contributed by atoms with Gasteiger partial charge in [-0.05, 0) is 12.5 Å². The largest absolute Gasteiger partial charge is 0.492 e. The van der Waals surface area contributed by atoms with Crippen LogP contribution in [0.2, 0.25) is 0 Å². The van der Waals surface area contributed by atoms with E-state index in [1.807, 2.05) is 17.9 Å². The molecule has 0 spiro atoms. The number of aromatic hydroxyl groups is 1. The van der Waals surface area contributed by atoms with Gasteiger partial charge >= 0.3 is 0 Å². The summed E-state index contributed by atoms with van der Waals surface area (Å²) in [6.45, 7) is 8.59. The van der Waals surface area contributed by atoms with Crippen LogP contribution >= 0.6 is 11.3 Å². The SMILES string of the molecule is CCc1nc2sc([C@@H](c3cccc(C)c3)N3CCN(C(C)=O)CC3)c(O)n2n1. The van der Waals surface area contributed by atoms with Crippen molar-refractivity contribution in [3.63, 3.8) is 0 Å². The Labute approximate surface area is 168 Å². The van der Waals surface area contributed by atoms with E-state index >= 15 is 0 Å². The van der Waals surface area contributed by atoms with Crippen molar-refractivity contribution in [2.75, 3.05) is 26.2 Å². The third-order valence-corrected chi connectivity index (χ3v) is 6.36. The standard InChI is InChI=1S/C20H25N5O2S/c1-4-16-21-20-25(22-16)19(27)18(28-20)17(15-7-5-6-13(2)12-15)24-10-8-23(9-11-24)14(3)26/h5-7,12,17,27H,4,8-11H2,1-3H3/t17-/m1/s1. The summed E-state index contributed by atoms with van der Waals surface area (Å²) < 4.78 is 1.55. The number of nitrogens with zero attached hydrogens (tertiary/aromatic N) is 5. The number of carbonyl (C=O) groups excluding carboxylic acids is 1. The maximum atomic E-state index is 11.7. The summed E-state index contributed by atoms with van der Waals surface area (Å²) >= 11 is 1.49. The molecule has 1 N–H and O–H groups in total. The Morgan fingerprint density at radius 1 is 1.29 bits per heavy atom. The number of amides is 1. The number of thiazole rings is 1. The molecule has 3 aromatic rings. The number of fused-ring (bicyclic) bond motifs is 1. The first-order valence-corrected chi connectivity index (χ1v) is 10.4. The molecule has 1 amide bonds. The molecule has 1 fully saturated rings. The molecule has 0 unspecified atom stereocenters. The fourth-order valence-electron chi connectivity index (χ4n) is 3.78. The van der Waals surface area contributed by atoms with E-state index in [4.69, 9.17) is 0 Å². The highest BCUT2D eigenvalue weighted by atomic mass is 32.1. The van der Waals surface area contributed by atoms with E-state index in [-0.39, 0.29) is 17.8 Å². The summed E-state index contributed by atoms with van der Waals surface area (Å²) in [7, 11) is 0. The zero-order valence-corrected chi connectivity index (χ0v) is 17.2. The topological polar surface area (TPSA) is 74.0 Å². The van der Waals surface area contributed by atoms with Crippen molar-refractivity contribution in [3.05, 3.63) is 46.1 Å². The highest BCUT2D eigenvalue weighted by molar-refractivity contribution is 7.17. The van der Waals surface area contributed by atoms with Gasteiger partial charge in [-0.3, -0.25) is 9.69 Å². The third-order valence-electron chi connectivity index (χ3n) is 5.29. The molecule has 3 heterocycles. The van der Waals surface area contributed by atoms with Gasteiger partial charge in [0.05, 0.1) is 10.9 Å².